The molecule has 1 aromatic carbocycles. The van der Waals surface area contributed by atoms with E-state index < -0.39 is 0 Å². The van der Waals surface area contributed by atoms with E-state index in [0.717, 1.165) is 28.3 Å². The maximum atomic E-state index is 12.2. The molecule has 23 heavy (non-hydrogen) atoms. The van der Waals surface area contributed by atoms with Crippen molar-refractivity contribution in [1.29, 1.82) is 0 Å². The number of aromatic nitrogens is 1. The van der Waals surface area contributed by atoms with Gasteiger partial charge in [-0.05, 0) is 45.4 Å². The fraction of sp³-hybridized carbons (Fsp3) is 0.412. The third-order valence-electron chi connectivity index (χ3n) is 3.39. The van der Waals surface area contributed by atoms with Crippen LogP contribution in [0, 0.1) is 6.92 Å². The minimum absolute atomic E-state index is 0.0424. The van der Waals surface area contributed by atoms with Gasteiger partial charge < -0.3 is 10.1 Å². The van der Waals surface area contributed by atoms with Crippen molar-refractivity contribution in [2.75, 3.05) is 0 Å². The van der Waals surface area contributed by atoms with Gasteiger partial charge in [-0.25, -0.2) is 0 Å². The molecular weight excluding hydrogens is 312 g/mol. The molecule has 0 radical (unpaired) electrons. The first kappa shape index (κ1) is 17.3. The molecule has 0 saturated heterocycles. The molecule has 5 nitrogen and oxygen atoms in total. The van der Waals surface area contributed by atoms with Gasteiger partial charge in [0.1, 0.15) is 12.3 Å². The van der Waals surface area contributed by atoms with Gasteiger partial charge in [0.2, 0.25) is 5.91 Å². The number of nitrogens with zero attached hydrogens (tertiary/aromatic N) is 1. The lowest BCUT2D eigenvalue weighted by atomic mass is 10.1. The smallest absolute Gasteiger partial charge is 0.307 e. The van der Waals surface area contributed by atoms with E-state index in [0.29, 0.717) is 0 Å². The molecule has 0 aliphatic rings. The van der Waals surface area contributed by atoms with Crippen molar-refractivity contribution < 1.29 is 9.53 Å². The minimum atomic E-state index is -0.184. The van der Waals surface area contributed by atoms with Gasteiger partial charge in [-0.2, -0.15) is 0 Å². The monoisotopic (exact) mass is 334 g/mol. The lowest BCUT2D eigenvalue weighted by molar-refractivity contribution is -0.122. The standard InChI is InChI=1S/C17H22N2O3S/c1-11(2)22-15-7-5-6-14(8-15)13(4)18-16(20)9-19-12(3)10-23-17(19)21/h5-8,10-11,13H,9H2,1-4H3,(H,18,20). The number of benzene rings is 1. The van der Waals surface area contributed by atoms with Crippen molar-refractivity contribution >= 4 is 17.2 Å². The fourth-order valence-electron chi connectivity index (χ4n) is 2.24. The zero-order valence-electron chi connectivity index (χ0n) is 13.8. The SMILES string of the molecule is Cc1csc(=O)n1CC(=O)NC(C)c1cccc(OC(C)C)c1. The van der Waals surface area contributed by atoms with Crippen molar-refractivity contribution in [1.82, 2.24) is 9.88 Å². The second-order valence-electron chi connectivity index (χ2n) is 5.76. The quantitative estimate of drug-likeness (QED) is 0.883. The van der Waals surface area contributed by atoms with Gasteiger partial charge in [-0.3, -0.25) is 14.2 Å². The Morgan fingerprint density at radius 1 is 1.35 bits per heavy atom. The van der Waals surface area contributed by atoms with Crippen LogP contribution in [0.5, 0.6) is 5.75 Å². The number of hydrogen-bond acceptors (Lipinski definition) is 4. The molecule has 1 atom stereocenters. The Bertz CT molecular complexity index is 733. The number of amides is 1. The van der Waals surface area contributed by atoms with Crippen LogP contribution in [-0.4, -0.2) is 16.6 Å². The summed E-state index contributed by atoms with van der Waals surface area (Å²) in [5.74, 6) is 0.597. The Labute approximate surface area is 139 Å². The lowest BCUT2D eigenvalue weighted by Gasteiger charge is -2.17. The van der Waals surface area contributed by atoms with Crippen LogP contribution in [-0.2, 0) is 11.3 Å². The molecule has 124 valence electrons. The van der Waals surface area contributed by atoms with Crippen LogP contribution >= 0.6 is 11.3 Å². The third-order valence-corrected chi connectivity index (χ3v) is 4.27. The predicted octanol–water partition coefficient (Wildman–Crippen LogP) is 2.88. The number of rotatable bonds is 6. The van der Waals surface area contributed by atoms with E-state index in [2.05, 4.69) is 5.32 Å². The molecule has 1 heterocycles. The summed E-state index contributed by atoms with van der Waals surface area (Å²) in [5, 5.41) is 4.68. The van der Waals surface area contributed by atoms with E-state index in [1.165, 1.54) is 4.57 Å². The number of carbonyl (C=O) groups excluding carboxylic acids is 1. The van der Waals surface area contributed by atoms with Gasteiger partial charge in [0.25, 0.3) is 0 Å². The zero-order chi connectivity index (χ0) is 17.0. The van der Waals surface area contributed by atoms with Crippen LogP contribution in [0.25, 0.3) is 0 Å². The summed E-state index contributed by atoms with van der Waals surface area (Å²) in [6.45, 7) is 7.72. The highest BCUT2D eigenvalue weighted by atomic mass is 32.1. The van der Waals surface area contributed by atoms with Crippen molar-refractivity contribution in [3.05, 3.63) is 50.6 Å². The Morgan fingerprint density at radius 3 is 2.70 bits per heavy atom. The molecule has 0 bridgehead atoms. The highest BCUT2D eigenvalue weighted by Crippen LogP contribution is 2.20. The van der Waals surface area contributed by atoms with Gasteiger partial charge in [-0.15, -0.1) is 0 Å². The predicted molar refractivity (Wildman–Crippen MR) is 92.1 cm³/mol. The second kappa shape index (κ2) is 7.46. The molecule has 1 aromatic heterocycles. The molecule has 0 aliphatic carbocycles. The van der Waals surface area contributed by atoms with Crippen LogP contribution in [0.3, 0.4) is 0 Å². The number of ether oxygens (including phenoxy) is 1. The summed E-state index contributed by atoms with van der Waals surface area (Å²) in [6, 6.07) is 7.51. The van der Waals surface area contributed by atoms with Crippen molar-refractivity contribution in [2.45, 2.75) is 46.4 Å². The molecule has 2 aromatic rings. The first-order valence-electron chi connectivity index (χ1n) is 7.57. The number of aryl methyl sites for hydroxylation is 1. The lowest BCUT2D eigenvalue weighted by Crippen LogP contribution is -2.32. The summed E-state index contributed by atoms with van der Waals surface area (Å²) in [6.07, 6.45) is 0.101. The molecule has 1 N–H and O–H groups in total. The molecule has 0 aliphatic heterocycles. The van der Waals surface area contributed by atoms with Gasteiger partial charge >= 0.3 is 4.87 Å². The molecule has 6 heteroatoms. The number of hydrogen-bond donors (Lipinski definition) is 1. The molecule has 0 saturated carbocycles. The van der Waals surface area contributed by atoms with Crippen molar-refractivity contribution in [3.63, 3.8) is 0 Å². The highest BCUT2D eigenvalue weighted by Gasteiger charge is 2.13. The summed E-state index contributed by atoms with van der Waals surface area (Å²) >= 11 is 1.11. The largest absolute Gasteiger partial charge is 0.491 e. The van der Waals surface area contributed by atoms with Crippen LogP contribution in [0.4, 0.5) is 0 Å². The Morgan fingerprint density at radius 2 is 2.09 bits per heavy atom. The summed E-state index contributed by atoms with van der Waals surface area (Å²) < 4.78 is 7.15. The van der Waals surface area contributed by atoms with Crippen LogP contribution < -0.4 is 14.9 Å². The fourth-order valence-corrected chi connectivity index (χ4v) is 2.97. The van der Waals surface area contributed by atoms with Crippen molar-refractivity contribution in [2.24, 2.45) is 0 Å². The zero-order valence-corrected chi connectivity index (χ0v) is 14.6. The van der Waals surface area contributed by atoms with Gasteiger partial charge in [0, 0.05) is 11.1 Å². The van der Waals surface area contributed by atoms with E-state index in [1.54, 1.807) is 5.38 Å². The maximum absolute atomic E-state index is 12.2. The van der Waals surface area contributed by atoms with Crippen LogP contribution in [0.2, 0.25) is 0 Å². The van der Waals surface area contributed by atoms with E-state index in [-0.39, 0.29) is 29.5 Å². The van der Waals surface area contributed by atoms with Crippen LogP contribution in [0.1, 0.15) is 38.1 Å². The number of nitrogens with one attached hydrogen (secondary N) is 1. The first-order chi connectivity index (χ1) is 10.9. The summed E-state index contributed by atoms with van der Waals surface area (Å²) in [4.78, 5) is 23.7. The molecule has 0 spiro atoms. The van der Waals surface area contributed by atoms with Gasteiger partial charge in [0.15, 0.2) is 0 Å². The van der Waals surface area contributed by atoms with E-state index in [9.17, 15) is 9.59 Å². The Hall–Kier alpha value is -2.08. The van der Waals surface area contributed by atoms with Crippen molar-refractivity contribution in [3.8, 4) is 5.75 Å². The average Bonchev–Trinajstić information content (AvgIpc) is 2.78. The number of carbonyl (C=O) groups is 1. The van der Waals surface area contributed by atoms with E-state index in [1.807, 2.05) is 52.0 Å². The van der Waals surface area contributed by atoms with Gasteiger partial charge in [0.05, 0.1) is 12.1 Å². The minimum Gasteiger partial charge on any atom is -0.491 e. The molecule has 1 amide bonds. The maximum Gasteiger partial charge on any atom is 0.307 e. The Kier molecular flexibility index (Phi) is 5.60. The molecule has 2 rings (SSSR count). The van der Waals surface area contributed by atoms with Crippen LogP contribution in [0.15, 0.2) is 34.4 Å². The highest BCUT2D eigenvalue weighted by molar-refractivity contribution is 7.07. The third kappa shape index (κ3) is 4.69. The molecule has 1 unspecified atom stereocenters. The van der Waals surface area contributed by atoms with E-state index in [4.69, 9.17) is 4.74 Å². The first-order valence-corrected chi connectivity index (χ1v) is 8.45. The number of thiazole rings is 1. The van der Waals surface area contributed by atoms with E-state index >= 15 is 0 Å². The van der Waals surface area contributed by atoms with Gasteiger partial charge in [-0.1, -0.05) is 23.5 Å². The normalized spacial score (nSPS) is 12.2. The summed E-state index contributed by atoms with van der Waals surface area (Å²) in [5.41, 5.74) is 1.76. The topological polar surface area (TPSA) is 60.3 Å². The molecular formula is C17H22N2O3S. The summed E-state index contributed by atoms with van der Waals surface area (Å²) in [7, 11) is 0. The second-order valence-corrected chi connectivity index (χ2v) is 6.58. The average molecular weight is 334 g/mol. The molecule has 0 fully saturated rings. The Balaban J connectivity index is 2.02.